The fourth-order valence-corrected chi connectivity index (χ4v) is 3.61. The summed E-state index contributed by atoms with van der Waals surface area (Å²) in [5.41, 5.74) is -0.879. The van der Waals surface area contributed by atoms with Crippen LogP contribution < -0.4 is 10.6 Å². The minimum Gasteiger partial charge on any atom is -0.353 e. The van der Waals surface area contributed by atoms with Crippen LogP contribution in [0.5, 0.6) is 0 Å². The minimum atomic E-state index is -4.76. The van der Waals surface area contributed by atoms with Gasteiger partial charge in [0.15, 0.2) is 5.69 Å². The van der Waals surface area contributed by atoms with Gasteiger partial charge in [-0.3, -0.25) is 4.79 Å². The number of rotatable bonds is 3. The number of hydrogen-bond acceptors (Lipinski definition) is 3. The van der Waals surface area contributed by atoms with Crippen molar-refractivity contribution in [2.24, 2.45) is 0 Å². The highest BCUT2D eigenvalue weighted by molar-refractivity contribution is 6.31. The van der Waals surface area contributed by atoms with Crippen molar-refractivity contribution in [1.29, 1.82) is 0 Å². The zero-order valence-electron chi connectivity index (χ0n) is 15.9. The maximum atomic E-state index is 13.6. The molecule has 2 atom stereocenters. The highest BCUT2D eigenvalue weighted by Gasteiger charge is 2.36. The van der Waals surface area contributed by atoms with Crippen LogP contribution in [0.25, 0.3) is 0 Å². The number of aromatic nitrogens is 1. The average molecular weight is 479 g/mol. The van der Waals surface area contributed by atoms with Crippen molar-refractivity contribution in [3.8, 4) is 0 Å². The smallest absolute Gasteiger partial charge is 0.353 e. The Morgan fingerprint density at radius 3 is 2.55 bits per heavy atom. The molecule has 2 heterocycles. The Bertz CT molecular complexity index is 1020. The van der Waals surface area contributed by atoms with E-state index in [-0.39, 0.29) is 35.1 Å². The number of amides is 3. The Kier molecular flexibility index (Phi) is 6.61. The van der Waals surface area contributed by atoms with Crippen molar-refractivity contribution in [2.75, 3.05) is 13.1 Å². The van der Waals surface area contributed by atoms with E-state index in [1.807, 2.05) is 0 Å². The van der Waals surface area contributed by atoms with Crippen LogP contribution in [0.1, 0.15) is 29.8 Å². The molecule has 1 aromatic carbocycles. The van der Waals surface area contributed by atoms with Gasteiger partial charge >= 0.3 is 12.2 Å². The number of alkyl halides is 3. The molecule has 2 aromatic rings. The Labute approximate surface area is 184 Å². The molecule has 6 nitrogen and oxygen atoms in total. The van der Waals surface area contributed by atoms with Crippen LogP contribution in [0.15, 0.2) is 30.5 Å². The molecule has 0 saturated carbocycles. The molecule has 0 aliphatic carbocycles. The van der Waals surface area contributed by atoms with Crippen molar-refractivity contribution in [3.05, 3.63) is 63.1 Å². The monoisotopic (exact) mass is 478 g/mol. The SMILES string of the molecule is C[C@@H]1C(=O)NCCN1C(=O)N[C@H](c1ccc(F)c(Cl)c1)c1cnc(C(F)(F)F)c(Cl)c1. The number of pyridine rings is 1. The first-order chi connectivity index (χ1) is 14.5. The minimum absolute atomic E-state index is 0.114. The van der Waals surface area contributed by atoms with E-state index in [0.717, 1.165) is 18.3 Å². The number of piperazine rings is 1. The van der Waals surface area contributed by atoms with Crippen molar-refractivity contribution >= 4 is 35.1 Å². The molecule has 1 fully saturated rings. The van der Waals surface area contributed by atoms with Gasteiger partial charge in [0.05, 0.1) is 16.1 Å². The summed E-state index contributed by atoms with van der Waals surface area (Å²) >= 11 is 11.6. The number of benzene rings is 1. The van der Waals surface area contributed by atoms with Crippen LogP contribution in [-0.2, 0) is 11.0 Å². The number of carbonyl (C=O) groups is 2. The van der Waals surface area contributed by atoms with Gasteiger partial charge in [0.1, 0.15) is 11.9 Å². The van der Waals surface area contributed by atoms with Gasteiger partial charge in [0.2, 0.25) is 5.91 Å². The number of nitrogens with zero attached hydrogens (tertiary/aromatic N) is 2. The number of nitrogens with one attached hydrogen (secondary N) is 2. The zero-order valence-corrected chi connectivity index (χ0v) is 17.4. The van der Waals surface area contributed by atoms with Gasteiger partial charge in [0.25, 0.3) is 0 Å². The van der Waals surface area contributed by atoms with Crippen LogP contribution in [0.3, 0.4) is 0 Å². The maximum absolute atomic E-state index is 13.6. The molecule has 1 saturated heterocycles. The summed E-state index contributed by atoms with van der Waals surface area (Å²) in [6, 6.07) is 2.17. The van der Waals surface area contributed by atoms with Crippen LogP contribution in [0, 0.1) is 5.82 Å². The summed E-state index contributed by atoms with van der Waals surface area (Å²) in [6.45, 7) is 2.01. The van der Waals surface area contributed by atoms with E-state index in [2.05, 4.69) is 15.6 Å². The highest BCUT2D eigenvalue weighted by Crippen LogP contribution is 2.35. The van der Waals surface area contributed by atoms with Gasteiger partial charge in [-0.2, -0.15) is 13.2 Å². The Hall–Kier alpha value is -2.59. The van der Waals surface area contributed by atoms with Crippen LogP contribution in [0.4, 0.5) is 22.4 Å². The van der Waals surface area contributed by atoms with E-state index in [1.54, 1.807) is 0 Å². The normalized spacial score (nSPS) is 17.8. The van der Waals surface area contributed by atoms with Crippen LogP contribution in [0.2, 0.25) is 10.0 Å². The molecule has 3 amide bonds. The average Bonchev–Trinajstić information content (AvgIpc) is 2.69. The third kappa shape index (κ3) is 5.01. The number of hydrogen-bond donors (Lipinski definition) is 2. The lowest BCUT2D eigenvalue weighted by Crippen LogP contribution is -2.58. The summed E-state index contributed by atoms with van der Waals surface area (Å²) in [6.07, 6.45) is -3.84. The first-order valence-corrected chi connectivity index (χ1v) is 9.77. The summed E-state index contributed by atoms with van der Waals surface area (Å²) in [7, 11) is 0. The molecule has 0 radical (unpaired) electrons. The summed E-state index contributed by atoms with van der Waals surface area (Å²) < 4.78 is 52.7. The topological polar surface area (TPSA) is 74.3 Å². The quantitative estimate of drug-likeness (QED) is 0.650. The first-order valence-electron chi connectivity index (χ1n) is 9.01. The Morgan fingerprint density at radius 1 is 1.26 bits per heavy atom. The van der Waals surface area contributed by atoms with Gasteiger partial charge in [0, 0.05) is 19.3 Å². The fraction of sp³-hybridized carbons (Fsp3) is 0.316. The van der Waals surface area contributed by atoms with Gasteiger partial charge in [-0.25, -0.2) is 14.2 Å². The van der Waals surface area contributed by atoms with Gasteiger partial charge < -0.3 is 15.5 Å². The predicted octanol–water partition coefficient (Wildman–Crippen LogP) is 4.17. The lowest BCUT2D eigenvalue weighted by molar-refractivity contribution is -0.141. The van der Waals surface area contributed by atoms with Gasteiger partial charge in [-0.05, 0) is 36.2 Å². The van der Waals surface area contributed by atoms with E-state index in [0.29, 0.717) is 0 Å². The molecule has 0 unspecified atom stereocenters. The molecule has 3 rings (SSSR count). The second kappa shape index (κ2) is 8.88. The van der Waals surface area contributed by atoms with Crippen molar-refractivity contribution in [2.45, 2.75) is 25.2 Å². The van der Waals surface area contributed by atoms with E-state index >= 15 is 0 Å². The van der Waals surface area contributed by atoms with E-state index < -0.39 is 40.8 Å². The summed E-state index contributed by atoms with van der Waals surface area (Å²) in [5, 5.41) is 4.36. The largest absolute Gasteiger partial charge is 0.434 e. The molecule has 31 heavy (non-hydrogen) atoms. The number of halogens is 6. The Morgan fingerprint density at radius 2 is 1.94 bits per heavy atom. The second-order valence-corrected chi connectivity index (χ2v) is 7.63. The molecule has 166 valence electrons. The third-order valence-corrected chi connectivity index (χ3v) is 5.35. The van der Waals surface area contributed by atoms with Crippen LogP contribution in [-0.4, -0.2) is 41.0 Å². The summed E-state index contributed by atoms with van der Waals surface area (Å²) in [5.74, 6) is -1.05. The molecule has 1 aliphatic heterocycles. The highest BCUT2D eigenvalue weighted by atomic mass is 35.5. The number of carbonyl (C=O) groups excluding carboxylic acids is 2. The van der Waals surface area contributed by atoms with E-state index in [9.17, 15) is 27.2 Å². The van der Waals surface area contributed by atoms with E-state index in [1.165, 1.54) is 24.0 Å². The van der Waals surface area contributed by atoms with E-state index in [4.69, 9.17) is 23.2 Å². The van der Waals surface area contributed by atoms with Gasteiger partial charge in [-0.1, -0.05) is 29.3 Å². The first kappa shape index (κ1) is 23.1. The Balaban J connectivity index is 1.99. The molecular weight excluding hydrogens is 463 g/mol. The lowest BCUT2D eigenvalue weighted by Gasteiger charge is -2.34. The molecule has 1 aliphatic rings. The second-order valence-electron chi connectivity index (χ2n) is 6.81. The summed E-state index contributed by atoms with van der Waals surface area (Å²) in [4.78, 5) is 29.4. The van der Waals surface area contributed by atoms with Crippen molar-refractivity contribution in [1.82, 2.24) is 20.5 Å². The maximum Gasteiger partial charge on any atom is 0.434 e. The molecule has 0 spiro atoms. The van der Waals surface area contributed by atoms with Crippen molar-refractivity contribution in [3.63, 3.8) is 0 Å². The fourth-order valence-electron chi connectivity index (χ4n) is 3.14. The van der Waals surface area contributed by atoms with Gasteiger partial charge in [-0.15, -0.1) is 0 Å². The molecule has 1 aromatic heterocycles. The third-order valence-electron chi connectivity index (χ3n) is 4.77. The standard InChI is InChI=1S/C19H16Cl2F4N4O2/c1-9-17(30)26-4-5-29(9)18(31)28-15(10-2-3-14(22)12(20)6-10)11-7-13(21)16(27-8-11)19(23,24)25/h2-3,6-9,15H,4-5H2,1H3,(H,26,30)(H,28,31)/t9-,15-/m1/s1. The molecule has 0 bridgehead atoms. The molecular formula is C19H16Cl2F4N4O2. The van der Waals surface area contributed by atoms with Crippen LogP contribution >= 0.6 is 23.2 Å². The zero-order chi connectivity index (χ0) is 22.9. The lowest BCUT2D eigenvalue weighted by atomic mass is 9.99. The molecule has 2 N–H and O–H groups in total. The number of urea groups is 1. The molecule has 12 heteroatoms. The van der Waals surface area contributed by atoms with Crippen molar-refractivity contribution < 1.29 is 27.2 Å². The predicted molar refractivity (Wildman–Crippen MR) is 105 cm³/mol.